The summed E-state index contributed by atoms with van der Waals surface area (Å²) in [7, 11) is 3.09. The van der Waals surface area contributed by atoms with Gasteiger partial charge in [-0.3, -0.25) is 9.10 Å². The van der Waals surface area contributed by atoms with E-state index in [1.54, 1.807) is 24.3 Å². The van der Waals surface area contributed by atoms with Crippen LogP contribution in [0.2, 0.25) is 0 Å². The van der Waals surface area contributed by atoms with Crippen LogP contribution in [0.3, 0.4) is 0 Å². The molecule has 7 nitrogen and oxygen atoms in total. The van der Waals surface area contributed by atoms with Gasteiger partial charge in [0.2, 0.25) is 0 Å². The fraction of sp³-hybridized carbons (Fsp3) is 0.296. The molecule has 0 radical (unpaired) electrons. The average Bonchev–Trinajstić information content (AvgIpc) is 2.88. The number of ether oxygens (including phenoxy) is 1. The van der Waals surface area contributed by atoms with Crippen molar-refractivity contribution in [2.75, 3.05) is 39.1 Å². The predicted octanol–water partition coefficient (Wildman–Crippen LogP) is 4.12. The van der Waals surface area contributed by atoms with Gasteiger partial charge in [0.15, 0.2) is 0 Å². The monoisotopic (exact) mass is 495 g/mol. The van der Waals surface area contributed by atoms with Gasteiger partial charge >= 0.3 is 0 Å². The van der Waals surface area contributed by atoms with Crippen molar-refractivity contribution < 1.29 is 17.9 Å². The number of carbonyl (C=O) groups is 1. The number of methoxy groups -OCH3 is 1. The van der Waals surface area contributed by atoms with Crippen LogP contribution >= 0.6 is 0 Å². The molecule has 0 spiro atoms. The van der Waals surface area contributed by atoms with Crippen LogP contribution in [0.25, 0.3) is 0 Å². The molecule has 0 aliphatic carbocycles. The third-order valence-corrected chi connectivity index (χ3v) is 7.84. The fourth-order valence-electron chi connectivity index (χ4n) is 3.82. The van der Waals surface area contributed by atoms with Crippen LogP contribution in [0.4, 0.5) is 5.69 Å². The number of aryl methyl sites for hydroxylation is 1. The smallest absolute Gasteiger partial charge is 0.264 e. The third kappa shape index (κ3) is 6.01. The van der Waals surface area contributed by atoms with Gasteiger partial charge in [0.05, 0.1) is 23.7 Å². The Kier molecular flexibility index (Phi) is 8.53. The fourth-order valence-corrected chi connectivity index (χ4v) is 5.03. The summed E-state index contributed by atoms with van der Waals surface area (Å²) in [5, 5.41) is 2.97. The molecule has 0 aliphatic rings. The molecule has 0 aliphatic heterocycles. The van der Waals surface area contributed by atoms with Crippen LogP contribution < -0.4 is 14.4 Å². The Morgan fingerprint density at radius 1 is 0.943 bits per heavy atom. The SMILES string of the molecule is CCc1ccc(C(CNC(=O)c2ccc(S(=O)(=O)N(C)c3ccccc3OC)cc2)N(C)C)cc1. The number of nitrogens with zero attached hydrogens (tertiary/aromatic N) is 2. The van der Waals surface area contributed by atoms with Gasteiger partial charge in [-0.1, -0.05) is 43.3 Å². The Hall–Kier alpha value is -3.36. The number of sulfonamides is 1. The molecule has 186 valence electrons. The number of amides is 1. The third-order valence-electron chi connectivity index (χ3n) is 6.05. The minimum atomic E-state index is -3.83. The summed E-state index contributed by atoms with van der Waals surface area (Å²) in [6.45, 7) is 2.54. The van der Waals surface area contributed by atoms with Crippen molar-refractivity contribution in [3.63, 3.8) is 0 Å². The average molecular weight is 496 g/mol. The second kappa shape index (κ2) is 11.4. The van der Waals surface area contributed by atoms with E-state index in [0.717, 1.165) is 12.0 Å². The highest BCUT2D eigenvalue weighted by atomic mass is 32.2. The van der Waals surface area contributed by atoms with E-state index in [2.05, 4.69) is 41.4 Å². The van der Waals surface area contributed by atoms with Crippen LogP contribution in [0.1, 0.15) is 34.5 Å². The highest BCUT2D eigenvalue weighted by molar-refractivity contribution is 7.92. The van der Waals surface area contributed by atoms with E-state index in [1.807, 2.05) is 14.1 Å². The Balaban J connectivity index is 1.72. The molecule has 35 heavy (non-hydrogen) atoms. The van der Waals surface area contributed by atoms with Crippen molar-refractivity contribution in [3.05, 3.63) is 89.5 Å². The summed E-state index contributed by atoms with van der Waals surface area (Å²) in [5.74, 6) is 0.193. The molecule has 8 heteroatoms. The normalized spacial score (nSPS) is 12.3. The van der Waals surface area contributed by atoms with Gasteiger partial charge in [0.25, 0.3) is 15.9 Å². The van der Waals surface area contributed by atoms with E-state index in [0.29, 0.717) is 23.5 Å². The number of anilines is 1. The largest absolute Gasteiger partial charge is 0.495 e. The zero-order valence-electron chi connectivity index (χ0n) is 20.9. The van der Waals surface area contributed by atoms with Crippen molar-refractivity contribution in [1.82, 2.24) is 10.2 Å². The number of rotatable bonds is 10. The first kappa shape index (κ1) is 26.2. The Morgan fingerprint density at radius 3 is 2.14 bits per heavy atom. The topological polar surface area (TPSA) is 79.0 Å². The molecule has 0 heterocycles. The maximum absolute atomic E-state index is 13.1. The van der Waals surface area contributed by atoms with Crippen LogP contribution in [-0.2, 0) is 16.4 Å². The molecule has 0 saturated carbocycles. The molecular weight excluding hydrogens is 462 g/mol. The predicted molar refractivity (Wildman–Crippen MR) is 140 cm³/mol. The number of nitrogens with one attached hydrogen (secondary N) is 1. The standard InChI is InChI=1S/C27H33N3O4S/c1-6-20-11-13-21(14-12-20)25(29(2)3)19-28-27(31)22-15-17-23(18-16-22)35(32,33)30(4)24-9-7-8-10-26(24)34-5/h7-18,25H,6,19H2,1-5H3,(H,28,31). The molecule has 0 bridgehead atoms. The lowest BCUT2D eigenvalue weighted by Crippen LogP contribution is -2.34. The zero-order valence-corrected chi connectivity index (χ0v) is 21.7. The molecule has 3 rings (SSSR count). The van der Waals surface area contributed by atoms with Gasteiger partial charge in [-0.25, -0.2) is 8.42 Å². The van der Waals surface area contributed by atoms with E-state index in [1.165, 1.54) is 48.3 Å². The number of hydrogen-bond donors (Lipinski definition) is 1. The first-order valence-electron chi connectivity index (χ1n) is 11.4. The second-order valence-corrected chi connectivity index (χ2v) is 10.4. The highest BCUT2D eigenvalue weighted by Gasteiger charge is 2.24. The summed E-state index contributed by atoms with van der Waals surface area (Å²) in [5.41, 5.74) is 3.20. The molecule has 0 saturated heterocycles. The molecule has 1 unspecified atom stereocenters. The Morgan fingerprint density at radius 2 is 1.57 bits per heavy atom. The van der Waals surface area contributed by atoms with E-state index in [9.17, 15) is 13.2 Å². The lowest BCUT2D eigenvalue weighted by molar-refractivity contribution is 0.0942. The van der Waals surface area contributed by atoms with Crippen molar-refractivity contribution in [2.45, 2.75) is 24.3 Å². The van der Waals surface area contributed by atoms with Gasteiger partial charge in [-0.05, 0) is 68.0 Å². The van der Waals surface area contributed by atoms with Gasteiger partial charge in [0.1, 0.15) is 5.75 Å². The zero-order chi connectivity index (χ0) is 25.6. The summed E-state index contributed by atoms with van der Waals surface area (Å²) in [6, 6.07) is 21.3. The molecule has 1 amide bonds. The van der Waals surface area contributed by atoms with Gasteiger partial charge in [-0.2, -0.15) is 0 Å². The van der Waals surface area contributed by atoms with E-state index < -0.39 is 10.0 Å². The van der Waals surface area contributed by atoms with Crippen LogP contribution in [0.15, 0.2) is 77.7 Å². The summed E-state index contributed by atoms with van der Waals surface area (Å²) >= 11 is 0. The molecule has 0 fully saturated rings. The highest BCUT2D eigenvalue weighted by Crippen LogP contribution is 2.31. The molecule has 3 aromatic carbocycles. The minimum Gasteiger partial charge on any atom is -0.495 e. The van der Waals surface area contributed by atoms with Crippen molar-refractivity contribution in [2.24, 2.45) is 0 Å². The minimum absolute atomic E-state index is 0.0130. The number of benzene rings is 3. The Bertz CT molecular complexity index is 1240. The first-order valence-corrected chi connectivity index (χ1v) is 12.9. The lowest BCUT2D eigenvalue weighted by atomic mass is 10.0. The van der Waals surface area contributed by atoms with E-state index in [-0.39, 0.29) is 16.8 Å². The van der Waals surface area contributed by atoms with Crippen LogP contribution in [-0.4, -0.2) is 54.0 Å². The number of hydrogen-bond acceptors (Lipinski definition) is 5. The van der Waals surface area contributed by atoms with E-state index >= 15 is 0 Å². The maximum atomic E-state index is 13.1. The summed E-state index contributed by atoms with van der Waals surface area (Å²) in [6.07, 6.45) is 0.976. The summed E-state index contributed by atoms with van der Waals surface area (Å²) < 4.78 is 32.7. The van der Waals surface area contributed by atoms with Crippen LogP contribution in [0.5, 0.6) is 5.75 Å². The van der Waals surface area contributed by atoms with Crippen molar-refractivity contribution in [3.8, 4) is 5.75 Å². The number of carbonyl (C=O) groups excluding carboxylic acids is 1. The molecular formula is C27H33N3O4S. The number of para-hydroxylation sites is 2. The van der Waals surface area contributed by atoms with Gasteiger partial charge < -0.3 is 15.0 Å². The molecule has 0 aromatic heterocycles. The molecule has 1 atom stereocenters. The second-order valence-electron chi connectivity index (χ2n) is 8.45. The first-order chi connectivity index (χ1) is 16.7. The van der Waals surface area contributed by atoms with Gasteiger partial charge in [0, 0.05) is 19.2 Å². The van der Waals surface area contributed by atoms with Gasteiger partial charge in [-0.15, -0.1) is 0 Å². The maximum Gasteiger partial charge on any atom is 0.264 e. The molecule has 1 N–H and O–H groups in total. The lowest BCUT2D eigenvalue weighted by Gasteiger charge is -2.25. The summed E-state index contributed by atoms with van der Waals surface area (Å²) in [4.78, 5) is 14.9. The van der Waals surface area contributed by atoms with Crippen LogP contribution in [0, 0.1) is 0 Å². The Labute approximate surface area is 208 Å². The van der Waals surface area contributed by atoms with Crippen molar-refractivity contribution in [1.29, 1.82) is 0 Å². The quantitative estimate of drug-likeness (QED) is 0.458. The van der Waals surface area contributed by atoms with Crippen molar-refractivity contribution >= 4 is 21.6 Å². The molecule has 3 aromatic rings. The number of likely N-dealkylation sites (N-methyl/N-ethyl adjacent to an activating group) is 1. The van der Waals surface area contributed by atoms with E-state index in [4.69, 9.17) is 4.74 Å².